The lowest BCUT2D eigenvalue weighted by atomic mass is 9.90. The summed E-state index contributed by atoms with van der Waals surface area (Å²) in [6, 6.07) is 28.6. The van der Waals surface area contributed by atoms with Crippen molar-refractivity contribution < 1.29 is 14.3 Å². The molecule has 172 valence electrons. The third-order valence-corrected chi connectivity index (χ3v) is 6.19. The van der Waals surface area contributed by atoms with E-state index in [-0.39, 0.29) is 12.5 Å². The number of halogens is 1. The first-order valence-electron chi connectivity index (χ1n) is 11.1. The lowest BCUT2D eigenvalue weighted by molar-refractivity contribution is -0.113. The molecule has 0 atom stereocenters. The molecular formula is C29H21ClN2O3. The molecule has 0 radical (unpaired) electrons. The summed E-state index contributed by atoms with van der Waals surface area (Å²) in [7, 11) is 1.33. The van der Waals surface area contributed by atoms with E-state index < -0.39 is 5.97 Å². The van der Waals surface area contributed by atoms with Crippen molar-refractivity contribution in [2.45, 2.75) is 6.54 Å². The molecule has 0 bridgehead atoms. The zero-order valence-electron chi connectivity index (χ0n) is 18.9. The highest BCUT2D eigenvalue weighted by atomic mass is 35.5. The molecule has 5 nitrogen and oxygen atoms in total. The van der Waals surface area contributed by atoms with Crippen LogP contribution in [0.25, 0.3) is 11.1 Å². The van der Waals surface area contributed by atoms with Crippen LogP contribution in [0.2, 0.25) is 5.02 Å². The number of anilines is 1. The molecule has 4 aromatic rings. The Balaban J connectivity index is 1.63. The molecule has 0 saturated carbocycles. The first-order chi connectivity index (χ1) is 17.1. The third kappa shape index (κ3) is 4.34. The number of ether oxygens (including phenoxy) is 1. The Morgan fingerprint density at radius 3 is 2.20 bits per heavy atom. The Morgan fingerprint density at radius 1 is 0.857 bits per heavy atom. The Hall–Kier alpha value is -4.22. The second-order valence-corrected chi connectivity index (χ2v) is 8.50. The molecule has 0 saturated heterocycles. The fraction of sp³-hybridized carbons (Fsp3) is 0.0690. The van der Waals surface area contributed by atoms with Gasteiger partial charge in [0.05, 0.1) is 36.2 Å². The SMILES string of the molecule is COC(=O)c1ccc(CN2C(=O)/C(=C(\c3ccccc3)c3ccc(Cl)cc3)c3ccccc32)nc1. The largest absolute Gasteiger partial charge is 0.465 e. The van der Waals surface area contributed by atoms with Crippen molar-refractivity contribution in [3.05, 3.63) is 130 Å². The van der Waals surface area contributed by atoms with Crippen LogP contribution in [0, 0.1) is 0 Å². The van der Waals surface area contributed by atoms with E-state index >= 15 is 0 Å². The summed E-state index contributed by atoms with van der Waals surface area (Å²) in [5.74, 6) is -0.564. The number of nitrogens with zero attached hydrogens (tertiary/aromatic N) is 2. The molecule has 1 amide bonds. The van der Waals surface area contributed by atoms with Crippen LogP contribution in [0.3, 0.4) is 0 Å². The van der Waals surface area contributed by atoms with E-state index in [9.17, 15) is 9.59 Å². The maximum Gasteiger partial charge on any atom is 0.339 e. The predicted octanol–water partition coefficient (Wildman–Crippen LogP) is 6.03. The van der Waals surface area contributed by atoms with Crippen LogP contribution in [0.1, 0.15) is 32.7 Å². The van der Waals surface area contributed by atoms with Crippen LogP contribution in [-0.4, -0.2) is 24.0 Å². The van der Waals surface area contributed by atoms with Crippen molar-refractivity contribution in [2.75, 3.05) is 12.0 Å². The predicted molar refractivity (Wildman–Crippen MR) is 137 cm³/mol. The number of carbonyl (C=O) groups excluding carboxylic acids is 2. The van der Waals surface area contributed by atoms with E-state index in [0.29, 0.717) is 21.9 Å². The number of amides is 1. The summed E-state index contributed by atoms with van der Waals surface area (Å²) in [5, 5.41) is 0.632. The lowest BCUT2D eigenvalue weighted by Gasteiger charge is -2.17. The zero-order chi connectivity index (χ0) is 24.4. The van der Waals surface area contributed by atoms with Gasteiger partial charge in [0.15, 0.2) is 0 Å². The quantitative estimate of drug-likeness (QED) is 0.258. The van der Waals surface area contributed by atoms with Gasteiger partial charge >= 0.3 is 5.97 Å². The van der Waals surface area contributed by atoms with E-state index in [0.717, 1.165) is 28.0 Å². The smallest absolute Gasteiger partial charge is 0.339 e. The number of esters is 1. The van der Waals surface area contributed by atoms with Gasteiger partial charge in [-0.2, -0.15) is 0 Å². The fourth-order valence-corrected chi connectivity index (χ4v) is 4.40. The average Bonchev–Trinajstić information content (AvgIpc) is 3.17. The highest BCUT2D eigenvalue weighted by molar-refractivity contribution is 6.39. The molecule has 35 heavy (non-hydrogen) atoms. The third-order valence-electron chi connectivity index (χ3n) is 5.93. The molecule has 5 rings (SSSR count). The summed E-state index contributed by atoms with van der Waals surface area (Å²) in [4.78, 5) is 31.9. The van der Waals surface area contributed by atoms with Crippen molar-refractivity contribution >= 4 is 40.3 Å². The lowest BCUT2D eigenvalue weighted by Crippen LogP contribution is -2.26. The number of rotatable bonds is 5. The second-order valence-electron chi connectivity index (χ2n) is 8.06. The van der Waals surface area contributed by atoms with Gasteiger partial charge in [-0.3, -0.25) is 9.78 Å². The zero-order valence-corrected chi connectivity index (χ0v) is 19.7. The van der Waals surface area contributed by atoms with E-state index in [4.69, 9.17) is 16.3 Å². The van der Waals surface area contributed by atoms with Crippen LogP contribution >= 0.6 is 11.6 Å². The molecule has 1 aromatic heterocycles. The molecule has 0 unspecified atom stereocenters. The monoisotopic (exact) mass is 480 g/mol. The maximum absolute atomic E-state index is 14.0. The van der Waals surface area contributed by atoms with Crippen molar-refractivity contribution in [2.24, 2.45) is 0 Å². The molecule has 6 heteroatoms. The second kappa shape index (κ2) is 9.57. The summed E-state index contributed by atoms with van der Waals surface area (Å²) in [5.41, 5.74) is 6.01. The topological polar surface area (TPSA) is 59.5 Å². The number of hydrogen-bond acceptors (Lipinski definition) is 4. The van der Waals surface area contributed by atoms with Gasteiger partial charge in [-0.15, -0.1) is 0 Å². The Labute approximate surface area is 208 Å². The standard InChI is InChI=1S/C29H21ClN2O3/c1-35-29(34)21-13-16-23(31-17-21)18-32-25-10-6-5-9-24(25)27(28(32)33)26(19-7-3-2-4-8-19)20-11-14-22(30)15-12-20/h2-17H,18H2,1H3/b27-26+. The van der Waals surface area contributed by atoms with Crippen LogP contribution in [-0.2, 0) is 16.1 Å². The molecule has 0 N–H and O–H groups in total. The van der Waals surface area contributed by atoms with E-state index in [1.165, 1.54) is 13.3 Å². The molecule has 3 aromatic carbocycles. The van der Waals surface area contributed by atoms with Gasteiger partial charge < -0.3 is 9.64 Å². The number of pyridine rings is 1. The van der Waals surface area contributed by atoms with E-state index in [2.05, 4.69) is 4.98 Å². The summed E-state index contributed by atoms with van der Waals surface area (Å²) in [6.45, 7) is 0.267. The number of para-hydroxylation sites is 1. The van der Waals surface area contributed by atoms with Gasteiger partial charge in [0.1, 0.15) is 0 Å². The minimum atomic E-state index is -0.452. The number of hydrogen-bond donors (Lipinski definition) is 0. The molecule has 1 aliphatic heterocycles. The molecule has 2 heterocycles. The van der Waals surface area contributed by atoms with Gasteiger partial charge in [0.25, 0.3) is 5.91 Å². The fourth-order valence-electron chi connectivity index (χ4n) is 4.27. The first kappa shape index (κ1) is 22.6. The van der Waals surface area contributed by atoms with Crippen LogP contribution in [0.4, 0.5) is 5.69 Å². The van der Waals surface area contributed by atoms with E-state index in [1.54, 1.807) is 17.0 Å². The van der Waals surface area contributed by atoms with Crippen LogP contribution < -0.4 is 4.90 Å². The Kier molecular flexibility index (Phi) is 6.17. The van der Waals surface area contributed by atoms with Crippen molar-refractivity contribution in [1.82, 2.24) is 4.98 Å². The van der Waals surface area contributed by atoms with Gasteiger partial charge in [-0.1, -0.05) is 72.3 Å². The van der Waals surface area contributed by atoms with Gasteiger partial charge in [0.2, 0.25) is 0 Å². The summed E-state index contributed by atoms with van der Waals surface area (Å²) >= 11 is 6.16. The van der Waals surface area contributed by atoms with Gasteiger partial charge in [-0.25, -0.2) is 4.79 Å². The highest BCUT2D eigenvalue weighted by Crippen LogP contribution is 2.43. The van der Waals surface area contributed by atoms with Gasteiger partial charge in [0, 0.05) is 22.4 Å². The van der Waals surface area contributed by atoms with Crippen molar-refractivity contribution in [3.63, 3.8) is 0 Å². The minimum Gasteiger partial charge on any atom is -0.465 e. The summed E-state index contributed by atoms with van der Waals surface area (Å²) in [6.07, 6.45) is 1.47. The minimum absolute atomic E-state index is 0.112. The maximum atomic E-state index is 14.0. The van der Waals surface area contributed by atoms with Crippen molar-refractivity contribution in [1.29, 1.82) is 0 Å². The number of methoxy groups -OCH3 is 1. The first-order valence-corrected chi connectivity index (χ1v) is 11.4. The molecule has 0 spiro atoms. The molecular weight excluding hydrogens is 460 g/mol. The highest BCUT2D eigenvalue weighted by Gasteiger charge is 2.35. The number of carbonyl (C=O) groups is 2. The molecule has 0 fully saturated rings. The van der Waals surface area contributed by atoms with Crippen molar-refractivity contribution in [3.8, 4) is 0 Å². The normalized spacial score (nSPS) is 14.0. The average molecular weight is 481 g/mol. The van der Waals surface area contributed by atoms with Crippen LogP contribution in [0.5, 0.6) is 0 Å². The number of aromatic nitrogens is 1. The summed E-state index contributed by atoms with van der Waals surface area (Å²) < 4.78 is 4.75. The number of benzene rings is 3. The van der Waals surface area contributed by atoms with Crippen LogP contribution in [0.15, 0.2) is 97.2 Å². The number of fused-ring (bicyclic) bond motifs is 1. The molecule has 1 aliphatic rings. The van der Waals surface area contributed by atoms with Gasteiger partial charge in [-0.05, 0) is 41.5 Å². The Morgan fingerprint density at radius 2 is 1.51 bits per heavy atom. The van der Waals surface area contributed by atoms with E-state index in [1.807, 2.05) is 78.9 Å². The molecule has 0 aliphatic carbocycles. The Bertz CT molecular complexity index is 1430.